The molecule has 4 rings (SSSR count). The molecule has 2 atom stereocenters. The molecule has 0 bridgehead atoms. The van der Waals surface area contributed by atoms with Gasteiger partial charge in [0.1, 0.15) is 5.75 Å². The van der Waals surface area contributed by atoms with Crippen LogP contribution in [-0.2, 0) is 9.53 Å². The lowest BCUT2D eigenvalue weighted by molar-refractivity contribution is -0.148. The monoisotopic (exact) mass is 422 g/mol. The standard InChI is InChI=1S/C24H26N2O5/c1-15-5-3-4-6-19(15)22-12-25-23(28)21-11-18(7-8-20(21)22)31-16(2)24(29)26-9-10-30-14-17(26)13-27/h3-8,11-12,16-17,27H,9-10,13-14H2,1-2H3,(H,25,28)/t16-,17+/m1/s1. The Kier molecular flexibility index (Phi) is 6.06. The van der Waals surface area contributed by atoms with Gasteiger partial charge in [-0.25, -0.2) is 0 Å². The first kappa shape index (κ1) is 21.1. The van der Waals surface area contributed by atoms with Gasteiger partial charge in [0.15, 0.2) is 6.10 Å². The van der Waals surface area contributed by atoms with Crippen LogP contribution in [0.2, 0.25) is 0 Å². The number of aliphatic hydroxyl groups is 1. The number of fused-ring (bicyclic) bond motifs is 1. The highest BCUT2D eigenvalue weighted by Crippen LogP contribution is 2.30. The van der Waals surface area contributed by atoms with Gasteiger partial charge in [-0.1, -0.05) is 24.3 Å². The van der Waals surface area contributed by atoms with Crippen LogP contribution in [0.3, 0.4) is 0 Å². The lowest BCUT2D eigenvalue weighted by Crippen LogP contribution is -2.54. The molecule has 1 saturated heterocycles. The lowest BCUT2D eigenvalue weighted by Gasteiger charge is -2.35. The minimum atomic E-state index is -0.761. The summed E-state index contributed by atoms with van der Waals surface area (Å²) in [6.07, 6.45) is 0.968. The summed E-state index contributed by atoms with van der Waals surface area (Å²) in [4.78, 5) is 29.8. The minimum Gasteiger partial charge on any atom is -0.481 e. The highest BCUT2D eigenvalue weighted by Gasteiger charge is 2.30. The largest absolute Gasteiger partial charge is 0.481 e. The third-order valence-corrected chi connectivity index (χ3v) is 5.69. The molecular formula is C24H26N2O5. The average Bonchev–Trinajstić information content (AvgIpc) is 2.79. The number of nitrogens with one attached hydrogen (secondary N) is 1. The number of aromatic nitrogens is 1. The first-order valence-electron chi connectivity index (χ1n) is 10.4. The molecule has 2 N–H and O–H groups in total. The minimum absolute atomic E-state index is 0.161. The highest BCUT2D eigenvalue weighted by atomic mass is 16.5. The number of aliphatic hydroxyl groups excluding tert-OH is 1. The van der Waals surface area contributed by atoms with E-state index in [-0.39, 0.29) is 24.1 Å². The molecule has 0 spiro atoms. The topological polar surface area (TPSA) is 91.9 Å². The van der Waals surface area contributed by atoms with E-state index in [4.69, 9.17) is 9.47 Å². The molecule has 1 aromatic heterocycles. The molecule has 7 nitrogen and oxygen atoms in total. The SMILES string of the molecule is Cc1ccccc1-c1c[nH]c(=O)c2cc(O[C@H](C)C(=O)N3CCOC[C@@H]3CO)ccc12. The molecule has 3 aromatic rings. The fourth-order valence-electron chi connectivity index (χ4n) is 3.99. The van der Waals surface area contributed by atoms with E-state index in [9.17, 15) is 14.7 Å². The first-order valence-corrected chi connectivity index (χ1v) is 10.4. The van der Waals surface area contributed by atoms with Crippen LogP contribution in [0.4, 0.5) is 0 Å². The molecule has 0 unspecified atom stereocenters. The van der Waals surface area contributed by atoms with E-state index in [0.29, 0.717) is 30.9 Å². The molecule has 0 saturated carbocycles. The number of ether oxygens (including phenoxy) is 2. The van der Waals surface area contributed by atoms with Crippen LogP contribution in [0.15, 0.2) is 53.5 Å². The van der Waals surface area contributed by atoms with Crippen molar-refractivity contribution in [1.29, 1.82) is 0 Å². The van der Waals surface area contributed by atoms with E-state index in [1.165, 1.54) is 0 Å². The van der Waals surface area contributed by atoms with Crippen molar-refractivity contribution in [3.63, 3.8) is 0 Å². The number of hydrogen-bond acceptors (Lipinski definition) is 5. The summed E-state index contributed by atoms with van der Waals surface area (Å²) < 4.78 is 11.2. The molecule has 2 aromatic carbocycles. The summed E-state index contributed by atoms with van der Waals surface area (Å²) in [6.45, 7) is 4.69. The van der Waals surface area contributed by atoms with Gasteiger partial charge >= 0.3 is 0 Å². The van der Waals surface area contributed by atoms with Crippen LogP contribution in [0, 0.1) is 6.92 Å². The van der Waals surface area contributed by atoms with Gasteiger partial charge in [-0.2, -0.15) is 0 Å². The molecular weight excluding hydrogens is 396 g/mol. The van der Waals surface area contributed by atoms with Gasteiger partial charge < -0.3 is 24.5 Å². The zero-order valence-electron chi connectivity index (χ0n) is 17.6. The summed E-state index contributed by atoms with van der Waals surface area (Å²) in [5, 5.41) is 10.8. The Morgan fingerprint density at radius 2 is 2.06 bits per heavy atom. The van der Waals surface area contributed by atoms with Crippen molar-refractivity contribution >= 4 is 16.7 Å². The van der Waals surface area contributed by atoms with Crippen molar-refractivity contribution in [3.8, 4) is 16.9 Å². The molecule has 1 aliphatic heterocycles. The van der Waals surface area contributed by atoms with Crippen LogP contribution < -0.4 is 10.3 Å². The number of amides is 1. The number of morpholine rings is 1. The van der Waals surface area contributed by atoms with E-state index in [0.717, 1.165) is 22.1 Å². The van der Waals surface area contributed by atoms with Crippen molar-refractivity contribution in [2.24, 2.45) is 0 Å². The van der Waals surface area contributed by atoms with Crippen molar-refractivity contribution in [2.75, 3.05) is 26.4 Å². The third-order valence-electron chi connectivity index (χ3n) is 5.69. The van der Waals surface area contributed by atoms with E-state index < -0.39 is 6.10 Å². The number of aryl methyl sites for hydroxylation is 1. The van der Waals surface area contributed by atoms with E-state index in [2.05, 4.69) is 4.98 Å². The number of pyridine rings is 1. The molecule has 7 heteroatoms. The Morgan fingerprint density at radius 1 is 1.26 bits per heavy atom. The molecule has 1 amide bonds. The summed E-state index contributed by atoms with van der Waals surface area (Å²) in [7, 11) is 0. The van der Waals surface area contributed by atoms with Gasteiger partial charge in [-0.15, -0.1) is 0 Å². The molecule has 0 aliphatic carbocycles. The Balaban J connectivity index is 1.62. The molecule has 1 fully saturated rings. The maximum absolute atomic E-state index is 12.8. The average molecular weight is 422 g/mol. The smallest absolute Gasteiger partial charge is 0.263 e. The fourth-order valence-corrected chi connectivity index (χ4v) is 3.99. The number of benzene rings is 2. The molecule has 31 heavy (non-hydrogen) atoms. The zero-order valence-corrected chi connectivity index (χ0v) is 17.6. The van der Waals surface area contributed by atoms with Crippen LogP contribution >= 0.6 is 0 Å². The number of rotatable bonds is 5. The van der Waals surface area contributed by atoms with E-state index in [1.54, 1.807) is 30.2 Å². The van der Waals surface area contributed by atoms with Gasteiger partial charge in [0.25, 0.3) is 11.5 Å². The normalized spacial score (nSPS) is 17.5. The second-order valence-electron chi connectivity index (χ2n) is 7.76. The third kappa shape index (κ3) is 4.19. The van der Waals surface area contributed by atoms with Crippen LogP contribution in [0.25, 0.3) is 21.9 Å². The number of aromatic amines is 1. The number of nitrogens with zero attached hydrogens (tertiary/aromatic N) is 1. The second-order valence-corrected chi connectivity index (χ2v) is 7.76. The Labute approximate surface area is 180 Å². The van der Waals surface area contributed by atoms with Crippen molar-refractivity contribution < 1.29 is 19.4 Å². The van der Waals surface area contributed by atoms with Crippen LogP contribution in [0.1, 0.15) is 12.5 Å². The number of hydrogen-bond donors (Lipinski definition) is 2. The Morgan fingerprint density at radius 3 is 2.84 bits per heavy atom. The summed E-state index contributed by atoms with van der Waals surface area (Å²) in [6, 6.07) is 12.9. The summed E-state index contributed by atoms with van der Waals surface area (Å²) in [5.41, 5.74) is 2.87. The van der Waals surface area contributed by atoms with Crippen molar-refractivity contribution in [2.45, 2.75) is 26.0 Å². The van der Waals surface area contributed by atoms with E-state index >= 15 is 0 Å². The van der Waals surface area contributed by atoms with Gasteiger partial charge in [-0.05, 0) is 48.6 Å². The molecule has 2 heterocycles. The Bertz CT molecular complexity index is 1160. The van der Waals surface area contributed by atoms with Gasteiger partial charge in [0, 0.05) is 18.3 Å². The zero-order chi connectivity index (χ0) is 22.0. The summed E-state index contributed by atoms with van der Waals surface area (Å²) >= 11 is 0. The maximum atomic E-state index is 12.8. The molecule has 1 aliphatic rings. The summed E-state index contributed by atoms with van der Waals surface area (Å²) in [5.74, 6) is 0.222. The van der Waals surface area contributed by atoms with Crippen molar-refractivity contribution in [3.05, 3.63) is 64.6 Å². The van der Waals surface area contributed by atoms with Crippen molar-refractivity contribution in [1.82, 2.24) is 9.88 Å². The van der Waals surface area contributed by atoms with E-state index in [1.807, 2.05) is 37.3 Å². The lowest BCUT2D eigenvalue weighted by atomic mass is 9.97. The quantitative estimate of drug-likeness (QED) is 0.659. The van der Waals surface area contributed by atoms with Crippen LogP contribution in [-0.4, -0.2) is 59.4 Å². The molecule has 162 valence electrons. The number of carbonyl (C=O) groups excluding carboxylic acids is 1. The number of H-pyrrole nitrogens is 1. The van der Waals surface area contributed by atoms with Gasteiger partial charge in [-0.3, -0.25) is 9.59 Å². The maximum Gasteiger partial charge on any atom is 0.263 e. The van der Waals surface area contributed by atoms with Crippen LogP contribution in [0.5, 0.6) is 5.75 Å². The highest BCUT2D eigenvalue weighted by molar-refractivity contribution is 5.97. The van der Waals surface area contributed by atoms with Gasteiger partial charge in [0.2, 0.25) is 0 Å². The predicted octanol–water partition coefficient (Wildman–Crippen LogP) is 2.49. The second kappa shape index (κ2) is 8.91. The Hall–Kier alpha value is -3.16. The molecule has 0 radical (unpaired) electrons. The fraction of sp³-hybridized carbons (Fsp3) is 0.333. The first-order chi connectivity index (χ1) is 15.0. The predicted molar refractivity (Wildman–Crippen MR) is 118 cm³/mol. The number of carbonyl (C=O) groups is 1. The van der Waals surface area contributed by atoms with Gasteiger partial charge in [0.05, 0.1) is 31.2 Å².